The average molecular weight is 439 g/mol. The maximum absolute atomic E-state index is 12.6. The van der Waals surface area contributed by atoms with E-state index in [1.807, 2.05) is 24.5 Å². The van der Waals surface area contributed by atoms with Crippen molar-refractivity contribution in [2.75, 3.05) is 6.61 Å². The number of hydrogen-bond donors (Lipinski definition) is 0. The van der Waals surface area contributed by atoms with E-state index >= 15 is 0 Å². The van der Waals surface area contributed by atoms with Gasteiger partial charge in [-0.2, -0.15) is 0 Å². The molecule has 174 valence electrons. The normalized spacial score (nSPS) is 18.4. The van der Waals surface area contributed by atoms with Crippen molar-refractivity contribution in [3.63, 3.8) is 0 Å². The van der Waals surface area contributed by atoms with Crippen LogP contribution < -0.4 is 0 Å². The zero-order chi connectivity index (χ0) is 22.6. The number of unbranched alkanes of at least 4 members (excludes halogenated alkanes) is 4. The number of hydrogen-bond acceptors (Lipinski definition) is 5. The van der Waals surface area contributed by atoms with Crippen molar-refractivity contribution in [2.24, 2.45) is 0 Å². The molecule has 1 saturated carbocycles. The van der Waals surface area contributed by atoms with E-state index < -0.39 is 0 Å². The van der Waals surface area contributed by atoms with E-state index in [2.05, 4.69) is 23.8 Å². The molecular weight excluding hydrogens is 400 g/mol. The third-order valence-electron chi connectivity index (χ3n) is 6.15. The van der Waals surface area contributed by atoms with Crippen LogP contribution in [-0.4, -0.2) is 34.8 Å². The minimum absolute atomic E-state index is 0.0129. The van der Waals surface area contributed by atoms with E-state index in [1.54, 1.807) is 12.1 Å². The lowest BCUT2D eigenvalue weighted by molar-refractivity contribution is -0.0204. The van der Waals surface area contributed by atoms with Crippen LogP contribution in [0.1, 0.15) is 94.0 Å². The van der Waals surface area contributed by atoms with Crippen molar-refractivity contribution in [1.82, 2.24) is 9.97 Å². The number of aryl methyl sites for hydroxylation is 1. The number of nitrogens with zero attached hydrogens (tertiary/aromatic N) is 2. The van der Waals surface area contributed by atoms with Crippen molar-refractivity contribution in [1.29, 1.82) is 0 Å². The van der Waals surface area contributed by atoms with Gasteiger partial charge >= 0.3 is 5.97 Å². The summed E-state index contributed by atoms with van der Waals surface area (Å²) < 4.78 is 11.8. The molecule has 1 aromatic heterocycles. The van der Waals surface area contributed by atoms with Gasteiger partial charge in [0.1, 0.15) is 6.10 Å². The van der Waals surface area contributed by atoms with Crippen LogP contribution in [0.2, 0.25) is 0 Å². The minimum Gasteiger partial charge on any atom is -0.459 e. The highest BCUT2D eigenvalue weighted by molar-refractivity contribution is 5.90. The lowest BCUT2D eigenvalue weighted by Gasteiger charge is -2.28. The van der Waals surface area contributed by atoms with Crippen LogP contribution in [0.4, 0.5) is 0 Å². The fourth-order valence-electron chi connectivity index (χ4n) is 4.08. The Hall–Kier alpha value is -2.27. The first-order valence-corrected chi connectivity index (χ1v) is 12.4. The monoisotopic (exact) mass is 438 g/mol. The van der Waals surface area contributed by atoms with E-state index in [1.165, 1.54) is 19.3 Å². The van der Waals surface area contributed by atoms with Crippen LogP contribution in [0.3, 0.4) is 0 Å². The zero-order valence-corrected chi connectivity index (χ0v) is 19.7. The van der Waals surface area contributed by atoms with Crippen molar-refractivity contribution >= 4 is 5.97 Å². The number of rotatable bonds is 12. The highest BCUT2D eigenvalue weighted by Crippen LogP contribution is 2.25. The lowest BCUT2D eigenvalue weighted by Crippen LogP contribution is -2.28. The fourth-order valence-corrected chi connectivity index (χ4v) is 4.08. The van der Waals surface area contributed by atoms with E-state index in [-0.39, 0.29) is 12.1 Å². The molecule has 0 amide bonds. The van der Waals surface area contributed by atoms with Gasteiger partial charge in [0.25, 0.3) is 0 Å². The number of benzene rings is 1. The molecule has 0 atom stereocenters. The molecular formula is C27H38N2O3. The zero-order valence-electron chi connectivity index (χ0n) is 19.7. The Balaban J connectivity index is 1.42. The third-order valence-corrected chi connectivity index (χ3v) is 6.15. The van der Waals surface area contributed by atoms with Crippen LogP contribution in [-0.2, 0) is 15.9 Å². The maximum atomic E-state index is 12.6. The standard InChI is InChI=1S/C27H38N2O3/c1-3-5-7-8-18-31-24-14-16-25(17-15-24)32-27(30)23-12-10-22(11-13-23)26-28-19-21(20-29-26)9-6-4-2/h10-13,19-20,24-25H,3-9,14-18H2,1-2H3/t24-,25-. The quantitative estimate of drug-likeness (QED) is 0.278. The fraction of sp³-hybridized carbons (Fsp3) is 0.593. The first-order valence-electron chi connectivity index (χ1n) is 12.4. The highest BCUT2D eigenvalue weighted by atomic mass is 16.5. The molecule has 1 aromatic carbocycles. The predicted molar refractivity (Wildman–Crippen MR) is 128 cm³/mol. The Morgan fingerprint density at radius 2 is 1.53 bits per heavy atom. The van der Waals surface area contributed by atoms with Gasteiger partial charge in [0.15, 0.2) is 5.82 Å². The average Bonchev–Trinajstić information content (AvgIpc) is 2.84. The van der Waals surface area contributed by atoms with Crippen molar-refractivity contribution in [3.05, 3.63) is 47.8 Å². The van der Waals surface area contributed by atoms with Gasteiger partial charge in [0, 0.05) is 24.6 Å². The molecule has 0 N–H and O–H groups in total. The maximum Gasteiger partial charge on any atom is 0.338 e. The van der Waals surface area contributed by atoms with Crippen LogP contribution in [0.15, 0.2) is 36.7 Å². The Labute approximate surface area is 193 Å². The summed E-state index contributed by atoms with van der Waals surface area (Å²) in [4.78, 5) is 21.5. The molecule has 5 nitrogen and oxygen atoms in total. The molecule has 0 radical (unpaired) electrons. The smallest absolute Gasteiger partial charge is 0.338 e. The molecule has 1 fully saturated rings. The summed E-state index contributed by atoms with van der Waals surface area (Å²) in [7, 11) is 0. The number of esters is 1. The molecule has 0 unspecified atom stereocenters. The second-order valence-corrected chi connectivity index (χ2v) is 8.83. The van der Waals surface area contributed by atoms with Crippen LogP contribution in [0.25, 0.3) is 11.4 Å². The molecule has 0 bridgehead atoms. The van der Waals surface area contributed by atoms with Crippen molar-refractivity contribution in [2.45, 2.75) is 96.7 Å². The molecule has 1 heterocycles. The first kappa shape index (κ1) is 24.4. The van der Waals surface area contributed by atoms with Gasteiger partial charge < -0.3 is 9.47 Å². The SMILES string of the molecule is CCCCCCO[C@H]1CC[C@H](OC(=O)c2ccc(-c3ncc(CCCC)cn3)cc2)CC1. The second kappa shape index (κ2) is 13.3. The van der Waals surface area contributed by atoms with Crippen LogP contribution >= 0.6 is 0 Å². The van der Waals surface area contributed by atoms with Gasteiger partial charge in [-0.1, -0.05) is 51.7 Å². The van der Waals surface area contributed by atoms with Crippen LogP contribution in [0, 0.1) is 0 Å². The topological polar surface area (TPSA) is 61.3 Å². The summed E-state index contributed by atoms with van der Waals surface area (Å²) in [5.41, 5.74) is 2.63. The molecule has 1 aliphatic carbocycles. The Morgan fingerprint density at radius 3 is 2.19 bits per heavy atom. The number of carbonyl (C=O) groups excluding carboxylic acids is 1. The van der Waals surface area contributed by atoms with Crippen LogP contribution in [0.5, 0.6) is 0 Å². The number of carbonyl (C=O) groups is 1. The van der Waals surface area contributed by atoms with Gasteiger partial charge in [-0.25, -0.2) is 14.8 Å². The minimum atomic E-state index is -0.253. The van der Waals surface area contributed by atoms with Gasteiger partial charge in [-0.15, -0.1) is 0 Å². The van der Waals surface area contributed by atoms with Gasteiger partial charge in [-0.05, 0) is 62.6 Å². The Kier molecular flexibility index (Phi) is 10.1. The first-order chi connectivity index (χ1) is 15.7. The molecule has 2 aromatic rings. The molecule has 1 aliphatic rings. The van der Waals surface area contributed by atoms with Gasteiger partial charge in [0.05, 0.1) is 11.7 Å². The van der Waals surface area contributed by atoms with Crippen molar-refractivity contribution < 1.29 is 14.3 Å². The van der Waals surface area contributed by atoms with E-state index in [0.717, 1.165) is 69.1 Å². The predicted octanol–water partition coefficient (Wildman–Crippen LogP) is 6.55. The molecule has 0 spiro atoms. The third kappa shape index (κ3) is 7.70. The molecule has 0 saturated heterocycles. The van der Waals surface area contributed by atoms with E-state index in [0.29, 0.717) is 17.5 Å². The summed E-state index contributed by atoms with van der Waals surface area (Å²) in [6.45, 7) is 5.25. The second-order valence-electron chi connectivity index (χ2n) is 8.83. The molecule has 0 aliphatic heterocycles. The van der Waals surface area contributed by atoms with E-state index in [9.17, 15) is 4.79 Å². The van der Waals surface area contributed by atoms with E-state index in [4.69, 9.17) is 9.47 Å². The summed E-state index contributed by atoms with van der Waals surface area (Å²) in [5, 5.41) is 0. The summed E-state index contributed by atoms with van der Waals surface area (Å²) in [6, 6.07) is 7.38. The highest BCUT2D eigenvalue weighted by Gasteiger charge is 2.24. The van der Waals surface area contributed by atoms with Gasteiger partial charge in [-0.3, -0.25) is 0 Å². The largest absolute Gasteiger partial charge is 0.459 e. The lowest BCUT2D eigenvalue weighted by atomic mass is 9.95. The number of ether oxygens (including phenoxy) is 2. The molecule has 5 heteroatoms. The Bertz CT molecular complexity index is 797. The summed E-state index contributed by atoms with van der Waals surface area (Å²) >= 11 is 0. The number of aromatic nitrogens is 2. The molecule has 32 heavy (non-hydrogen) atoms. The van der Waals surface area contributed by atoms with Crippen molar-refractivity contribution in [3.8, 4) is 11.4 Å². The summed E-state index contributed by atoms with van der Waals surface area (Å²) in [5.74, 6) is 0.425. The van der Waals surface area contributed by atoms with Gasteiger partial charge in [0.2, 0.25) is 0 Å². The molecule has 3 rings (SSSR count). The summed E-state index contributed by atoms with van der Waals surface area (Å²) in [6.07, 6.45) is 16.0. The Morgan fingerprint density at radius 1 is 0.875 bits per heavy atom.